The molecular formula is C30H41O2PSSi. The van der Waals surface area contributed by atoms with Crippen molar-refractivity contribution in [1.82, 2.24) is 0 Å². The van der Waals surface area contributed by atoms with Gasteiger partial charge in [-0.2, -0.15) is 0 Å². The van der Waals surface area contributed by atoms with Crippen molar-refractivity contribution in [1.29, 1.82) is 0 Å². The molecule has 0 amide bonds. The summed E-state index contributed by atoms with van der Waals surface area (Å²) in [5, 5.41) is 3.09. The molecule has 1 aliphatic carbocycles. The summed E-state index contributed by atoms with van der Waals surface area (Å²) in [6.07, 6.45) is 4.80. The maximum absolute atomic E-state index is 15.4. The molecule has 0 radical (unpaired) electrons. The van der Waals surface area contributed by atoms with Gasteiger partial charge in [0.25, 0.3) is 0 Å². The van der Waals surface area contributed by atoms with Crippen LogP contribution >= 0.6 is 18.5 Å². The maximum atomic E-state index is 15.4. The van der Waals surface area contributed by atoms with E-state index < -0.39 is 15.5 Å². The van der Waals surface area contributed by atoms with Crippen molar-refractivity contribution in [2.45, 2.75) is 90.5 Å². The Morgan fingerprint density at radius 2 is 1.37 bits per heavy atom. The summed E-state index contributed by atoms with van der Waals surface area (Å²) in [7, 11) is -4.98. The molecule has 2 unspecified atom stereocenters. The fraction of sp³-hybridized carbons (Fsp3) is 0.467. The molecular weight excluding hydrogens is 483 g/mol. The fourth-order valence-electron chi connectivity index (χ4n) is 5.32. The highest BCUT2D eigenvalue weighted by Gasteiger charge is 2.44. The van der Waals surface area contributed by atoms with Gasteiger partial charge in [0.05, 0.1) is 6.10 Å². The molecule has 188 valence electrons. The van der Waals surface area contributed by atoms with E-state index in [9.17, 15) is 0 Å². The molecule has 1 aromatic heterocycles. The summed E-state index contributed by atoms with van der Waals surface area (Å²) in [6, 6.07) is 20.3. The highest BCUT2D eigenvalue weighted by Crippen LogP contribution is 2.51. The van der Waals surface area contributed by atoms with E-state index in [-0.39, 0.29) is 11.1 Å². The Balaban J connectivity index is 1.90. The van der Waals surface area contributed by atoms with Gasteiger partial charge in [-0.1, -0.05) is 94.3 Å². The number of aryl methyl sites for hydroxylation is 2. The Hall–Kier alpha value is -1.45. The molecule has 2 aromatic carbocycles. The van der Waals surface area contributed by atoms with Gasteiger partial charge in [-0.15, -0.1) is 11.3 Å². The highest BCUT2D eigenvalue weighted by molar-refractivity contribution is 7.85. The van der Waals surface area contributed by atoms with Crippen molar-refractivity contribution in [2.75, 3.05) is 0 Å². The van der Waals surface area contributed by atoms with Crippen molar-refractivity contribution < 1.29 is 8.99 Å². The first-order valence-electron chi connectivity index (χ1n) is 13.0. The molecule has 35 heavy (non-hydrogen) atoms. The predicted octanol–water partition coefficient (Wildman–Crippen LogP) is 8.05. The van der Waals surface area contributed by atoms with Crippen LogP contribution in [0.15, 0.2) is 60.7 Å². The third-order valence-corrected chi connectivity index (χ3v) is 17.1. The first-order chi connectivity index (χ1) is 16.5. The van der Waals surface area contributed by atoms with Crippen LogP contribution in [-0.2, 0) is 8.99 Å². The van der Waals surface area contributed by atoms with E-state index in [1.54, 1.807) is 0 Å². The Labute approximate surface area is 217 Å². The van der Waals surface area contributed by atoms with Crippen molar-refractivity contribution in [2.24, 2.45) is 0 Å². The molecule has 3 aromatic rings. The Morgan fingerprint density at radius 3 is 1.89 bits per heavy atom. The molecule has 1 saturated carbocycles. The monoisotopic (exact) mass is 524 g/mol. The van der Waals surface area contributed by atoms with E-state index >= 15 is 4.57 Å². The quantitative estimate of drug-likeness (QED) is 0.241. The second-order valence-corrected chi connectivity index (χ2v) is 20.4. The van der Waals surface area contributed by atoms with Crippen molar-refractivity contribution in [3.05, 3.63) is 76.0 Å². The zero-order valence-electron chi connectivity index (χ0n) is 22.4. The minimum Gasteiger partial charge on any atom is -0.413 e. The first kappa shape index (κ1) is 26.6. The van der Waals surface area contributed by atoms with Gasteiger partial charge in [0.2, 0.25) is 0 Å². The lowest BCUT2D eigenvalue weighted by Crippen LogP contribution is -2.46. The van der Waals surface area contributed by atoms with Gasteiger partial charge in [0, 0.05) is 31.6 Å². The molecule has 1 heterocycles. The van der Waals surface area contributed by atoms with Gasteiger partial charge in [-0.05, 0) is 50.4 Å². The van der Waals surface area contributed by atoms with Gasteiger partial charge in [-0.3, -0.25) is 0 Å². The molecule has 5 heteroatoms. The zero-order valence-corrected chi connectivity index (χ0v) is 25.1. The standard InChI is InChI=1S/C30H41O2PSSi/c1-22-28(26-20-14-15-21-27(26)32-35(6,7)30(3,4)5)29(23(2)34-22)33(31,24-16-10-8-11-17-24)25-18-12-9-13-19-25/h8-13,16-19,26-27H,14-15,20-21H2,1-7H3. The summed E-state index contributed by atoms with van der Waals surface area (Å²) in [5.74, 6) is 0.290. The first-order valence-corrected chi connectivity index (χ1v) is 18.4. The summed E-state index contributed by atoms with van der Waals surface area (Å²) >= 11 is 1.81. The van der Waals surface area contributed by atoms with Gasteiger partial charge < -0.3 is 8.99 Å². The highest BCUT2D eigenvalue weighted by atomic mass is 32.1. The topological polar surface area (TPSA) is 26.3 Å². The zero-order chi connectivity index (χ0) is 25.4. The van der Waals surface area contributed by atoms with Gasteiger partial charge >= 0.3 is 0 Å². The number of benzene rings is 2. The second kappa shape index (κ2) is 10.1. The molecule has 0 N–H and O–H groups in total. The molecule has 2 atom stereocenters. The van der Waals surface area contributed by atoms with Crippen molar-refractivity contribution >= 4 is 42.7 Å². The van der Waals surface area contributed by atoms with E-state index in [0.29, 0.717) is 5.92 Å². The summed E-state index contributed by atoms with van der Waals surface area (Å²) in [4.78, 5) is 2.49. The van der Waals surface area contributed by atoms with Crippen molar-refractivity contribution in [3.8, 4) is 0 Å². The molecule has 0 aliphatic heterocycles. The Bertz CT molecular complexity index is 1150. The normalized spacial score (nSPS) is 19.6. The molecule has 0 saturated heterocycles. The number of thiophene rings is 1. The average Bonchev–Trinajstić information content (AvgIpc) is 3.13. The van der Waals surface area contributed by atoms with Gasteiger partial charge in [0.15, 0.2) is 15.5 Å². The van der Waals surface area contributed by atoms with Crippen LogP contribution in [0.2, 0.25) is 18.1 Å². The summed E-state index contributed by atoms with van der Waals surface area (Å²) in [6.45, 7) is 16.1. The van der Waals surface area contributed by atoms with Crippen LogP contribution in [0, 0.1) is 13.8 Å². The van der Waals surface area contributed by atoms with E-state index in [1.807, 2.05) is 47.7 Å². The molecule has 4 rings (SSSR count). The second-order valence-electron chi connectivity index (χ2n) is 11.6. The lowest BCUT2D eigenvalue weighted by molar-refractivity contribution is 0.115. The van der Waals surface area contributed by atoms with Crippen LogP contribution in [0.25, 0.3) is 0 Å². The Kier molecular flexibility index (Phi) is 7.70. The lowest BCUT2D eigenvalue weighted by atomic mass is 9.82. The van der Waals surface area contributed by atoms with Crippen LogP contribution in [0.3, 0.4) is 0 Å². The van der Waals surface area contributed by atoms with Gasteiger partial charge in [0.1, 0.15) is 0 Å². The number of hydrogen-bond donors (Lipinski definition) is 0. The van der Waals surface area contributed by atoms with Crippen LogP contribution < -0.4 is 15.9 Å². The smallest absolute Gasteiger partial charge is 0.192 e. The molecule has 2 nitrogen and oxygen atoms in total. The van der Waals surface area contributed by atoms with Crippen LogP contribution in [0.4, 0.5) is 0 Å². The molecule has 1 fully saturated rings. The molecule has 0 spiro atoms. The summed E-state index contributed by atoms with van der Waals surface area (Å²) < 4.78 is 22.5. The third-order valence-electron chi connectivity index (χ3n) is 8.15. The molecule has 1 aliphatic rings. The number of rotatable bonds is 6. The minimum atomic E-state index is -3.04. The predicted molar refractivity (Wildman–Crippen MR) is 156 cm³/mol. The maximum Gasteiger partial charge on any atom is 0.192 e. The van der Waals surface area contributed by atoms with E-state index in [0.717, 1.165) is 28.8 Å². The lowest BCUT2D eigenvalue weighted by Gasteiger charge is -2.43. The third kappa shape index (κ3) is 5.05. The van der Waals surface area contributed by atoms with E-state index in [1.165, 1.54) is 28.2 Å². The SMILES string of the molecule is Cc1sc(C)c(P(=O)(c2ccccc2)c2ccccc2)c1C1CCCCC1O[Si](C)(C)C(C)(C)C. The number of hydrogen-bond acceptors (Lipinski definition) is 3. The Morgan fingerprint density at radius 1 is 0.857 bits per heavy atom. The van der Waals surface area contributed by atoms with Crippen LogP contribution in [0.1, 0.15) is 67.7 Å². The average molecular weight is 525 g/mol. The van der Waals surface area contributed by atoms with Crippen LogP contribution in [0.5, 0.6) is 0 Å². The molecule has 0 bridgehead atoms. The minimum absolute atomic E-state index is 0.167. The van der Waals surface area contributed by atoms with E-state index in [2.05, 4.69) is 72.0 Å². The largest absolute Gasteiger partial charge is 0.413 e. The van der Waals surface area contributed by atoms with Crippen molar-refractivity contribution in [3.63, 3.8) is 0 Å². The van der Waals surface area contributed by atoms with Crippen LogP contribution in [-0.4, -0.2) is 14.4 Å². The van der Waals surface area contributed by atoms with E-state index in [4.69, 9.17) is 4.43 Å². The summed E-state index contributed by atoms with van der Waals surface area (Å²) in [5.41, 5.74) is 1.31. The van der Waals surface area contributed by atoms with Gasteiger partial charge in [-0.25, -0.2) is 0 Å². The fourth-order valence-corrected chi connectivity index (χ4v) is 11.5.